The van der Waals surface area contributed by atoms with Crippen molar-refractivity contribution in [3.63, 3.8) is 0 Å². The maximum absolute atomic E-state index is 12.6. The van der Waals surface area contributed by atoms with Crippen LogP contribution in [0.15, 0.2) is 17.6 Å². The van der Waals surface area contributed by atoms with E-state index in [9.17, 15) is 13.2 Å². The molecule has 0 aliphatic carbocycles. The molecule has 0 unspecified atom stereocenters. The van der Waals surface area contributed by atoms with E-state index in [2.05, 4.69) is 25.7 Å². The quantitative estimate of drug-likeness (QED) is 0.588. The molecule has 0 amide bonds. The molecule has 19 heavy (non-hydrogen) atoms. The first-order valence-electron chi connectivity index (χ1n) is 5.04. The molecular formula is C9H9F3N6S. The Balaban J connectivity index is 2.19. The fourth-order valence-corrected chi connectivity index (χ4v) is 1.80. The lowest BCUT2D eigenvalue weighted by Crippen LogP contribution is -2.17. The predicted octanol–water partition coefficient (Wildman–Crippen LogP) is 1.85. The Hall–Kier alpha value is -1.94. The molecule has 0 aliphatic heterocycles. The molecule has 6 nitrogen and oxygen atoms in total. The van der Waals surface area contributed by atoms with Crippen molar-refractivity contribution in [1.29, 1.82) is 0 Å². The summed E-state index contributed by atoms with van der Waals surface area (Å²) in [6.07, 6.45) is -3.03. The standard InChI is InChI=1S/C9H9F3N6S/c10-9(11,12)8-16-5(3-6(17-8)18-13)15-4-7-14-1-2-19-7/h1-3H,4,13H2,(H2,15,16,17,18). The Morgan fingerprint density at radius 2 is 2.00 bits per heavy atom. The molecule has 0 aliphatic rings. The van der Waals surface area contributed by atoms with E-state index in [-0.39, 0.29) is 18.2 Å². The molecule has 0 atom stereocenters. The summed E-state index contributed by atoms with van der Waals surface area (Å²) >= 11 is 1.38. The second-order valence-electron chi connectivity index (χ2n) is 3.38. The Bertz CT molecular complexity index is 541. The van der Waals surface area contributed by atoms with Gasteiger partial charge in [-0.2, -0.15) is 13.2 Å². The third-order valence-corrected chi connectivity index (χ3v) is 2.81. The highest BCUT2D eigenvalue weighted by Crippen LogP contribution is 2.28. The van der Waals surface area contributed by atoms with E-state index in [1.165, 1.54) is 17.4 Å². The molecule has 2 aromatic heterocycles. The van der Waals surface area contributed by atoms with Gasteiger partial charge in [0, 0.05) is 17.6 Å². The van der Waals surface area contributed by atoms with Crippen LogP contribution in [-0.2, 0) is 12.7 Å². The molecule has 2 heterocycles. The number of thiazole rings is 1. The van der Waals surface area contributed by atoms with Gasteiger partial charge in [-0.15, -0.1) is 11.3 Å². The van der Waals surface area contributed by atoms with Crippen molar-refractivity contribution in [1.82, 2.24) is 15.0 Å². The van der Waals surface area contributed by atoms with Crippen LogP contribution in [0.1, 0.15) is 10.8 Å². The van der Waals surface area contributed by atoms with Crippen molar-refractivity contribution in [2.75, 3.05) is 10.7 Å². The average molecular weight is 290 g/mol. The molecule has 102 valence electrons. The van der Waals surface area contributed by atoms with Crippen LogP contribution in [-0.4, -0.2) is 15.0 Å². The zero-order valence-corrected chi connectivity index (χ0v) is 10.2. The number of nitrogens with one attached hydrogen (secondary N) is 2. The van der Waals surface area contributed by atoms with Crippen LogP contribution < -0.4 is 16.6 Å². The monoisotopic (exact) mass is 290 g/mol. The molecule has 0 bridgehead atoms. The van der Waals surface area contributed by atoms with E-state index >= 15 is 0 Å². The Morgan fingerprint density at radius 3 is 2.58 bits per heavy atom. The largest absolute Gasteiger partial charge is 0.451 e. The second-order valence-corrected chi connectivity index (χ2v) is 4.36. The van der Waals surface area contributed by atoms with Gasteiger partial charge in [0.2, 0.25) is 5.82 Å². The van der Waals surface area contributed by atoms with Gasteiger partial charge in [0.15, 0.2) is 0 Å². The van der Waals surface area contributed by atoms with Crippen LogP contribution in [0.4, 0.5) is 24.8 Å². The summed E-state index contributed by atoms with van der Waals surface area (Å²) in [5.41, 5.74) is 2.07. The van der Waals surface area contributed by atoms with E-state index in [1.807, 2.05) is 0 Å². The van der Waals surface area contributed by atoms with Crippen LogP contribution in [0.2, 0.25) is 0 Å². The van der Waals surface area contributed by atoms with Crippen LogP contribution in [0.5, 0.6) is 0 Å². The highest BCUT2D eigenvalue weighted by molar-refractivity contribution is 7.09. The lowest BCUT2D eigenvalue weighted by Gasteiger charge is -2.10. The zero-order chi connectivity index (χ0) is 13.9. The fourth-order valence-electron chi connectivity index (χ4n) is 1.24. The molecule has 0 radical (unpaired) electrons. The van der Waals surface area contributed by atoms with E-state index in [0.29, 0.717) is 0 Å². The van der Waals surface area contributed by atoms with Gasteiger partial charge in [-0.05, 0) is 0 Å². The average Bonchev–Trinajstić information content (AvgIpc) is 2.88. The number of aromatic nitrogens is 3. The second kappa shape index (κ2) is 5.36. The SMILES string of the molecule is NNc1cc(NCc2nccs2)nc(C(F)(F)F)n1. The number of hydrogen-bond donors (Lipinski definition) is 3. The van der Waals surface area contributed by atoms with Crippen LogP contribution in [0.25, 0.3) is 0 Å². The topological polar surface area (TPSA) is 88.8 Å². The van der Waals surface area contributed by atoms with Gasteiger partial charge in [-0.25, -0.2) is 20.8 Å². The lowest BCUT2D eigenvalue weighted by atomic mass is 10.4. The fraction of sp³-hybridized carbons (Fsp3) is 0.222. The first-order chi connectivity index (χ1) is 8.99. The highest BCUT2D eigenvalue weighted by atomic mass is 32.1. The molecule has 2 aromatic rings. The number of hydrazine groups is 1. The maximum atomic E-state index is 12.6. The number of nitrogens with two attached hydrogens (primary N) is 1. The van der Waals surface area contributed by atoms with E-state index in [4.69, 9.17) is 5.84 Å². The van der Waals surface area contributed by atoms with Gasteiger partial charge in [-0.3, -0.25) is 0 Å². The number of anilines is 2. The number of rotatable bonds is 4. The van der Waals surface area contributed by atoms with Crippen molar-refractivity contribution >= 4 is 23.0 Å². The molecule has 0 aromatic carbocycles. The van der Waals surface area contributed by atoms with Gasteiger partial charge in [0.25, 0.3) is 0 Å². The minimum atomic E-state index is -4.63. The zero-order valence-electron chi connectivity index (χ0n) is 9.40. The first-order valence-corrected chi connectivity index (χ1v) is 5.92. The molecule has 2 rings (SSSR count). The summed E-state index contributed by atoms with van der Waals surface area (Å²) in [5.74, 6) is 3.71. The Labute approximate surface area is 109 Å². The van der Waals surface area contributed by atoms with Gasteiger partial charge in [-0.1, -0.05) is 0 Å². The molecule has 0 fully saturated rings. The molecule has 10 heteroatoms. The molecule has 0 saturated heterocycles. The van der Waals surface area contributed by atoms with E-state index in [1.54, 1.807) is 11.6 Å². The van der Waals surface area contributed by atoms with Gasteiger partial charge >= 0.3 is 6.18 Å². The van der Waals surface area contributed by atoms with Gasteiger partial charge < -0.3 is 10.7 Å². The predicted molar refractivity (Wildman–Crippen MR) is 64.3 cm³/mol. The number of halogens is 3. The summed E-state index contributed by atoms with van der Waals surface area (Å²) in [6.45, 7) is 0.274. The van der Waals surface area contributed by atoms with Crippen LogP contribution in [0, 0.1) is 0 Å². The van der Waals surface area contributed by atoms with E-state index < -0.39 is 12.0 Å². The smallest absolute Gasteiger partial charge is 0.363 e. The van der Waals surface area contributed by atoms with Gasteiger partial charge in [0.05, 0.1) is 6.54 Å². The number of hydrogen-bond acceptors (Lipinski definition) is 7. The Morgan fingerprint density at radius 1 is 1.26 bits per heavy atom. The highest BCUT2D eigenvalue weighted by Gasteiger charge is 2.35. The summed E-state index contributed by atoms with van der Waals surface area (Å²) in [7, 11) is 0. The third-order valence-electron chi connectivity index (χ3n) is 2.03. The summed E-state index contributed by atoms with van der Waals surface area (Å²) in [6, 6.07) is 1.28. The van der Waals surface area contributed by atoms with E-state index in [0.717, 1.165) is 5.01 Å². The number of nitrogens with zero attached hydrogens (tertiary/aromatic N) is 3. The summed E-state index contributed by atoms with van der Waals surface area (Å²) < 4.78 is 37.7. The van der Waals surface area contributed by atoms with Crippen molar-refractivity contribution in [3.8, 4) is 0 Å². The van der Waals surface area contributed by atoms with Crippen LogP contribution in [0.3, 0.4) is 0 Å². The molecule has 4 N–H and O–H groups in total. The number of alkyl halides is 3. The van der Waals surface area contributed by atoms with Crippen molar-refractivity contribution in [2.45, 2.75) is 12.7 Å². The maximum Gasteiger partial charge on any atom is 0.451 e. The third kappa shape index (κ3) is 3.51. The summed E-state index contributed by atoms with van der Waals surface area (Å²) in [5, 5.41) is 5.24. The first kappa shape index (κ1) is 13.5. The minimum Gasteiger partial charge on any atom is -0.363 e. The lowest BCUT2D eigenvalue weighted by molar-refractivity contribution is -0.144. The van der Waals surface area contributed by atoms with Crippen LogP contribution >= 0.6 is 11.3 Å². The Kier molecular flexibility index (Phi) is 3.81. The molecular weight excluding hydrogens is 281 g/mol. The van der Waals surface area contributed by atoms with Gasteiger partial charge in [0.1, 0.15) is 16.6 Å². The summed E-state index contributed by atoms with van der Waals surface area (Å²) in [4.78, 5) is 10.6. The van der Waals surface area contributed by atoms with Crippen molar-refractivity contribution in [3.05, 3.63) is 28.5 Å². The number of nitrogen functional groups attached to an aromatic ring is 1. The minimum absolute atomic E-state index is 0.0190. The van der Waals surface area contributed by atoms with Crippen molar-refractivity contribution < 1.29 is 13.2 Å². The normalized spacial score (nSPS) is 11.4. The molecule has 0 saturated carbocycles. The molecule has 0 spiro atoms. The van der Waals surface area contributed by atoms with Crippen molar-refractivity contribution in [2.24, 2.45) is 5.84 Å².